The van der Waals surface area contributed by atoms with Gasteiger partial charge in [-0.25, -0.2) is 9.97 Å². The highest BCUT2D eigenvalue weighted by molar-refractivity contribution is 6.01. The molecule has 0 unspecified atom stereocenters. The largest absolute Gasteiger partial charge is 0.399 e. The Bertz CT molecular complexity index is 773. The summed E-state index contributed by atoms with van der Waals surface area (Å²) in [6.45, 7) is 2.03. The molecule has 0 fully saturated rings. The minimum Gasteiger partial charge on any atom is -0.399 e. The highest BCUT2D eigenvalue weighted by atomic mass is 15.0. The minimum absolute atomic E-state index is 0.497. The fourth-order valence-electron chi connectivity index (χ4n) is 2.43. The number of rotatable bonds is 1. The number of nitrogens with zero attached hydrogens (tertiary/aromatic N) is 3. The van der Waals surface area contributed by atoms with E-state index in [0.717, 1.165) is 33.4 Å². The average molecular weight is 253 g/mol. The maximum absolute atomic E-state index is 6.00. The van der Waals surface area contributed by atoms with Crippen LogP contribution in [0.2, 0.25) is 0 Å². The van der Waals surface area contributed by atoms with Gasteiger partial charge in [0.25, 0.3) is 0 Å². The van der Waals surface area contributed by atoms with Gasteiger partial charge < -0.3 is 16.0 Å². The van der Waals surface area contributed by atoms with E-state index in [-0.39, 0.29) is 0 Å². The first-order valence-corrected chi connectivity index (χ1v) is 6.00. The summed E-state index contributed by atoms with van der Waals surface area (Å²) in [5.41, 5.74) is 16.6. The van der Waals surface area contributed by atoms with Crippen LogP contribution in [0.15, 0.2) is 30.7 Å². The first-order chi connectivity index (χ1) is 9.08. The third-order valence-electron chi connectivity index (χ3n) is 3.32. The lowest BCUT2D eigenvalue weighted by atomic mass is 10.0. The van der Waals surface area contributed by atoms with Gasteiger partial charge in [0.15, 0.2) is 0 Å². The van der Waals surface area contributed by atoms with Crippen molar-refractivity contribution in [2.45, 2.75) is 6.92 Å². The monoisotopic (exact) mass is 253 g/mol. The number of nitrogen functional groups attached to an aromatic ring is 2. The number of hydrogen-bond donors (Lipinski definition) is 2. The third-order valence-corrected chi connectivity index (χ3v) is 3.32. The number of aromatic nitrogens is 3. The third kappa shape index (κ3) is 1.71. The Hall–Kier alpha value is -2.56. The molecule has 3 rings (SSSR count). The first-order valence-electron chi connectivity index (χ1n) is 6.00. The van der Waals surface area contributed by atoms with E-state index in [0.29, 0.717) is 5.82 Å². The van der Waals surface area contributed by atoms with E-state index in [1.54, 1.807) is 0 Å². The second-order valence-electron chi connectivity index (χ2n) is 4.69. The fraction of sp³-hybridized carbons (Fsp3) is 0.143. The summed E-state index contributed by atoms with van der Waals surface area (Å²) in [6.07, 6.45) is 3.51. The molecule has 0 spiro atoms. The fourth-order valence-corrected chi connectivity index (χ4v) is 2.43. The number of aryl methyl sites for hydroxylation is 2. The second kappa shape index (κ2) is 3.98. The second-order valence-corrected chi connectivity index (χ2v) is 4.69. The molecule has 5 nitrogen and oxygen atoms in total. The van der Waals surface area contributed by atoms with E-state index in [2.05, 4.69) is 9.97 Å². The van der Waals surface area contributed by atoms with E-state index >= 15 is 0 Å². The van der Waals surface area contributed by atoms with Crippen LogP contribution in [0.5, 0.6) is 0 Å². The lowest BCUT2D eigenvalue weighted by Crippen LogP contribution is -1.94. The molecule has 0 aliphatic rings. The van der Waals surface area contributed by atoms with Gasteiger partial charge in [0.1, 0.15) is 17.8 Å². The summed E-state index contributed by atoms with van der Waals surface area (Å²) in [4.78, 5) is 8.36. The molecule has 0 bridgehead atoms. The van der Waals surface area contributed by atoms with Crippen molar-refractivity contribution in [1.29, 1.82) is 0 Å². The molecule has 4 N–H and O–H groups in total. The van der Waals surface area contributed by atoms with E-state index in [9.17, 15) is 0 Å². The highest BCUT2D eigenvalue weighted by Crippen LogP contribution is 2.34. The first kappa shape index (κ1) is 11.5. The molecule has 0 aliphatic carbocycles. The Labute approximate surface area is 110 Å². The van der Waals surface area contributed by atoms with Crippen molar-refractivity contribution in [3.8, 4) is 11.1 Å². The van der Waals surface area contributed by atoms with Gasteiger partial charge in [0.2, 0.25) is 0 Å². The summed E-state index contributed by atoms with van der Waals surface area (Å²) in [5.74, 6) is 0.497. The average Bonchev–Trinajstić information content (AvgIpc) is 2.68. The standard InChI is InChI=1S/C14H15N5/c1-8-5-9(15)3-4-10(8)11-6-19(2)14-12(11)13(16)17-7-18-14/h3-7H,15H2,1-2H3,(H2,16,17,18). The van der Waals surface area contributed by atoms with Crippen LogP contribution in [-0.4, -0.2) is 14.5 Å². The number of anilines is 2. The summed E-state index contributed by atoms with van der Waals surface area (Å²) in [5, 5.41) is 0.887. The van der Waals surface area contributed by atoms with Gasteiger partial charge in [0, 0.05) is 24.5 Å². The van der Waals surface area contributed by atoms with Crippen molar-refractivity contribution in [1.82, 2.24) is 14.5 Å². The molecule has 2 heterocycles. The van der Waals surface area contributed by atoms with Crippen LogP contribution in [0.25, 0.3) is 22.2 Å². The zero-order valence-corrected chi connectivity index (χ0v) is 10.9. The Balaban J connectivity index is 2.37. The SMILES string of the molecule is Cc1cc(N)ccc1-c1cn(C)c2ncnc(N)c12. The Morgan fingerprint density at radius 3 is 2.63 bits per heavy atom. The molecule has 0 radical (unpaired) electrons. The lowest BCUT2D eigenvalue weighted by molar-refractivity contribution is 0.944. The van der Waals surface area contributed by atoms with Gasteiger partial charge in [-0.05, 0) is 30.2 Å². The van der Waals surface area contributed by atoms with Gasteiger partial charge in [-0.15, -0.1) is 0 Å². The zero-order chi connectivity index (χ0) is 13.6. The maximum Gasteiger partial charge on any atom is 0.145 e. The van der Waals surface area contributed by atoms with Crippen molar-refractivity contribution in [3.63, 3.8) is 0 Å². The molecule has 0 aliphatic heterocycles. The van der Waals surface area contributed by atoms with Crippen molar-refractivity contribution >= 4 is 22.5 Å². The zero-order valence-electron chi connectivity index (χ0n) is 10.9. The molecule has 0 atom stereocenters. The Kier molecular flexibility index (Phi) is 2.41. The van der Waals surface area contributed by atoms with Crippen LogP contribution < -0.4 is 11.5 Å². The summed E-state index contributed by atoms with van der Waals surface area (Å²) >= 11 is 0. The molecule has 2 aromatic heterocycles. The lowest BCUT2D eigenvalue weighted by Gasteiger charge is -2.06. The van der Waals surface area contributed by atoms with Gasteiger partial charge in [0.05, 0.1) is 5.39 Å². The predicted octanol–water partition coefficient (Wildman–Crippen LogP) is 2.11. The van der Waals surface area contributed by atoms with E-state index < -0.39 is 0 Å². The molecule has 0 saturated carbocycles. The molecule has 0 saturated heterocycles. The van der Waals surface area contributed by atoms with E-state index in [1.807, 2.05) is 42.9 Å². The molecule has 3 aromatic rings. The maximum atomic E-state index is 6.00. The van der Waals surface area contributed by atoms with Crippen LogP contribution in [0.4, 0.5) is 11.5 Å². The number of hydrogen-bond acceptors (Lipinski definition) is 4. The molecule has 1 aromatic carbocycles. The van der Waals surface area contributed by atoms with Crippen molar-refractivity contribution in [2.24, 2.45) is 7.05 Å². The number of benzene rings is 1. The van der Waals surface area contributed by atoms with Crippen molar-refractivity contribution < 1.29 is 0 Å². The summed E-state index contributed by atoms with van der Waals surface area (Å²) in [7, 11) is 1.95. The molecule has 96 valence electrons. The molecule has 0 amide bonds. The molecule has 5 heteroatoms. The predicted molar refractivity (Wildman–Crippen MR) is 77.5 cm³/mol. The van der Waals surface area contributed by atoms with Crippen molar-refractivity contribution in [3.05, 3.63) is 36.3 Å². The normalized spacial score (nSPS) is 11.1. The smallest absolute Gasteiger partial charge is 0.145 e. The molecular weight excluding hydrogens is 238 g/mol. The summed E-state index contributed by atoms with van der Waals surface area (Å²) in [6, 6.07) is 5.85. The van der Waals surface area contributed by atoms with Crippen LogP contribution in [0.1, 0.15) is 5.56 Å². The van der Waals surface area contributed by atoms with Crippen LogP contribution in [0.3, 0.4) is 0 Å². The Morgan fingerprint density at radius 1 is 1.11 bits per heavy atom. The van der Waals surface area contributed by atoms with E-state index in [4.69, 9.17) is 11.5 Å². The molecule has 19 heavy (non-hydrogen) atoms. The van der Waals surface area contributed by atoms with Crippen LogP contribution >= 0.6 is 0 Å². The topological polar surface area (TPSA) is 82.8 Å². The van der Waals surface area contributed by atoms with Crippen LogP contribution in [0, 0.1) is 6.92 Å². The van der Waals surface area contributed by atoms with Crippen LogP contribution in [-0.2, 0) is 7.05 Å². The van der Waals surface area contributed by atoms with E-state index in [1.165, 1.54) is 6.33 Å². The summed E-state index contributed by atoms with van der Waals surface area (Å²) < 4.78 is 1.96. The van der Waals surface area contributed by atoms with Gasteiger partial charge >= 0.3 is 0 Å². The van der Waals surface area contributed by atoms with Gasteiger partial charge in [-0.2, -0.15) is 0 Å². The quantitative estimate of drug-likeness (QED) is 0.651. The number of fused-ring (bicyclic) bond motifs is 1. The van der Waals surface area contributed by atoms with Gasteiger partial charge in [-0.1, -0.05) is 6.07 Å². The van der Waals surface area contributed by atoms with Gasteiger partial charge in [-0.3, -0.25) is 0 Å². The van der Waals surface area contributed by atoms with Crippen molar-refractivity contribution in [2.75, 3.05) is 11.5 Å². The minimum atomic E-state index is 0.497. The highest BCUT2D eigenvalue weighted by Gasteiger charge is 2.14. The molecular formula is C14H15N5. The Morgan fingerprint density at radius 2 is 1.89 bits per heavy atom. The number of nitrogens with two attached hydrogens (primary N) is 2.